The second-order valence-electron chi connectivity index (χ2n) is 7.63. The van der Waals surface area contributed by atoms with Gasteiger partial charge in [0.05, 0.1) is 17.1 Å². The lowest BCUT2D eigenvalue weighted by Crippen LogP contribution is -2.40. The summed E-state index contributed by atoms with van der Waals surface area (Å²) in [7, 11) is 0. The van der Waals surface area contributed by atoms with Crippen LogP contribution in [0, 0.1) is 0 Å². The highest BCUT2D eigenvalue weighted by molar-refractivity contribution is 5.84. The molecule has 0 unspecified atom stereocenters. The topological polar surface area (TPSA) is 67.0 Å². The van der Waals surface area contributed by atoms with Crippen molar-refractivity contribution < 1.29 is 22.7 Å². The third kappa shape index (κ3) is 3.79. The normalized spacial score (nSPS) is 16.4. The summed E-state index contributed by atoms with van der Waals surface area (Å²) in [6.07, 6.45) is -4.79. The summed E-state index contributed by atoms with van der Waals surface area (Å²) in [5, 5.41) is 3.01. The lowest BCUT2D eigenvalue weighted by Gasteiger charge is -2.22. The standard InChI is InChI=1S/C24H18F3N3O2/c25-24(26,27)23-28-17-11-10-16(12-18(17)29-23)21(14-6-2-1-3-7-14)30-22(31)20-13-15-8-4-5-9-19(15)32-20/h1-12,20-21H,13H2,(H,28,29)(H,30,31)/t20-,21-/m0/s1. The van der Waals surface area contributed by atoms with Crippen LogP contribution in [0.15, 0.2) is 72.8 Å². The fourth-order valence-corrected chi connectivity index (χ4v) is 3.91. The highest BCUT2D eigenvalue weighted by Gasteiger charge is 2.35. The molecule has 0 fully saturated rings. The van der Waals surface area contributed by atoms with Gasteiger partial charge in [0.25, 0.3) is 5.91 Å². The number of H-pyrrole nitrogens is 1. The molecular weight excluding hydrogens is 419 g/mol. The van der Waals surface area contributed by atoms with E-state index in [0.717, 1.165) is 11.1 Å². The van der Waals surface area contributed by atoms with Crippen molar-refractivity contribution in [3.63, 3.8) is 0 Å². The molecule has 32 heavy (non-hydrogen) atoms. The third-order valence-electron chi connectivity index (χ3n) is 5.47. The van der Waals surface area contributed by atoms with Crippen LogP contribution >= 0.6 is 0 Å². The summed E-state index contributed by atoms with van der Waals surface area (Å²) >= 11 is 0. The molecule has 1 aliphatic heterocycles. The number of para-hydroxylation sites is 1. The quantitative estimate of drug-likeness (QED) is 0.482. The van der Waals surface area contributed by atoms with Crippen LogP contribution in [0.4, 0.5) is 13.2 Å². The smallest absolute Gasteiger partial charge is 0.449 e. The predicted molar refractivity (Wildman–Crippen MR) is 112 cm³/mol. The van der Waals surface area contributed by atoms with E-state index in [4.69, 9.17) is 4.74 Å². The maximum atomic E-state index is 13.1. The van der Waals surface area contributed by atoms with Gasteiger partial charge in [0.15, 0.2) is 6.10 Å². The van der Waals surface area contributed by atoms with E-state index in [1.807, 2.05) is 54.6 Å². The molecule has 1 amide bonds. The number of amides is 1. The number of aromatic nitrogens is 2. The van der Waals surface area contributed by atoms with E-state index in [0.29, 0.717) is 17.7 Å². The number of carbonyl (C=O) groups excluding carboxylic acids is 1. The van der Waals surface area contributed by atoms with Gasteiger partial charge in [-0.05, 0) is 34.9 Å². The van der Waals surface area contributed by atoms with Crippen molar-refractivity contribution in [3.05, 3.63) is 95.3 Å². The average Bonchev–Trinajstić information content (AvgIpc) is 3.41. The van der Waals surface area contributed by atoms with Crippen LogP contribution in [-0.2, 0) is 17.4 Å². The fraction of sp³-hybridized carbons (Fsp3) is 0.167. The molecule has 0 bridgehead atoms. The van der Waals surface area contributed by atoms with Crippen molar-refractivity contribution in [3.8, 4) is 5.75 Å². The first kappa shape index (κ1) is 20.1. The Kier molecular flexibility index (Phi) is 4.84. The van der Waals surface area contributed by atoms with Crippen LogP contribution in [0.5, 0.6) is 5.75 Å². The maximum Gasteiger partial charge on any atom is 0.449 e. The molecule has 8 heteroatoms. The van der Waals surface area contributed by atoms with Crippen molar-refractivity contribution in [1.29, 1.82) is 0 Å². The number of rotatable bonds is 4. The summed E-state index contributed by atoms with van der Waals surface area (Å²) in [4.78, 5) is 19.0. The number of hydrogen-bond acceptors (Lipinski definition) is 3. The van der Waals surface area contributed by atoms with Gasteiger partial charge in [0, 0.05) is 6.42 Å². The minimum Gasteiger partial charge on any atom is -0.480 e. The number of alkyl halides is 3. The molecule has 0 saturated heterocycles. The number of carbonyl (C=O) groups is 1. The van der Waals surface area contributed by atoms with E-state index in [2.05, 4.69) is 15.3 Å². The minimum absolute atomic E-state index is 0.203. The van der Waals surface area contributed by atoms with Gasteiger partial charge in [-0.15, -0.1) is 0 Å². The van der Waals surface area contributed by atoms with Gasteiger partial charge < -0.3 is 15.0 Å². The Morgan fingerprint density at radius 1 is 1.03 bits per heavy atom. The zero-order valence-corrected chi connectivity index (χ0v) is 16.7. The van der Waals surface area contributed by atoms with Crippen molar-refractivity contribution in [2.75, 3.05) is 0 Å². The zero-order chi connectivity index (χ0) is 22.3. The monoisotopic (exact) mass is 437 g/mol. The first-order valence-corrected chi connectivity index (χ1v) is 10.1. The van der Waals surface area contributed by atoms with E-state index in [1.54, 1.807) is 12.1 Å². The molecule has 0 aliphatic carbocycles. The number of nitrogens with zero attached hydrogens (tertiary/aromatic N) is 1. The van der Waals surface area contributed by atoms with Gasteiger partial charge in [-0.3, -0.25) is 4.79 Å². The van der Waals surface area contributed by atoms with Gasteiger partial charge in [-0.25, -0.2) is 4.98 Å². The van der Waals surface area contributed by atoms with Crippen LogP contribution in [0.2, 0.25) is 0 Å². The van der Waals surface area contributed by atoms with E-state index in [1.165, 1.54) is 6.07 Å². The molecule has 0 radical (unpaired) electrons. The summed E-state index contributed by atoms with van der Waals surface area (Å²) in [6, 6.07) is 20.9. The Balaban J connectivity index is 1.46. The van der Waals surface area contributed by atoms with Gasteiger partial charge in [0.1, 0.15) is 5.75 Å². The summed E-state index contributed by atoms with van der Waals surface area (Å²) in [5.74, 6) is -0.666. The summed E-state index contributed by atoms with van der Waals surface area (Å²) in [6.45, 7) is 0. The molecule has 1 aromatic heterocycles. The maximum absolute atomic E-state index is 13.1. The molecule has 1 aliphatic rings. The Morgan fingerprint density at radius 3 is 2.53 bits per heavy atom. The number of hydrogen-bond donors (Lipinski definition) is 2. The molecule has 162 valence electrons. The number of halogens is 3. The summed E-state index contributed by atoms with van der Waals surface area (Å²) in [5.41, 5.74) is 2.84. The number of aromatic amines is 1. The lowest BCUT2D eigenvalue weighted by molar-refractivity contribution is -0.144. The molecule has 2 N–H and O–H groups in total. The Morgan fingerprint density at radius 2 is 1.78 bits per heavy atom. The third-order valence-corrected chi connectivity index (χ3v) is 5.47. The number of benzene rings is 3. The van der Waals surface area contributed by atoms with Crippen LogP contribution < -0.4 is 10.1 Å². The van der Waals surface area contributed by atoms with Crippen molar-refractivity contribution in [1.82, 2.24) is 15.3 Å². The predicted octanol–water partition coefficient (Wildman–Crippen LogP) is 4.79. The molecule has 0 saturated carbocycles. The lowest BCUT2D eigenvalue weighted by atomic mass is 9.97. The van der Waals surface area contributed by atoms with Crippen LogP contribution in [0.25, 0.3) is 11.0 Å². The zero-order valence-electron chi connectivity index (χ0n) is 16.7. The van der Waals surface area contributed by atoms with Crippen molar-refractivity contribution >= 4 is 16.9 Å². The molecule has 2 heterocycles. The van der Waals surface area contributed by atoms with Crippen LogP contribution in [-0.4, -0.2) is 22.0 Å². The second-order valence-corrected chi connectivity index (χ2v) is 7.63. The number of nitrogens with one attached hydrogen (secondary N) is 2. The first-order valence-electron chi connectivity index (χ1n) is 10.1. The highest BCUT2D eigenvalue weighted by atomic mass is 19.4. The molecule has 2 atom stereocenters. The molecule has 5 nitrogen and oxygen atoms in total. The minimum atomic E-state index is -4.57. The number of fused-ring (bicyclic) bond motifs is 2. The van der Waals surface area contributed by atoms with Gasteiger partial charge >= 0.3 is 6.18 Å². The van der Waals surface area contributed by atoms with Gasteiger partial charge in [0.2, 0.25) is 5.82 Å². The molecule has 5 rings (SSSR count). The van der Waals surface area contributed by atoms with Crippen LogP contribution in [0.3, 0.4) is 0 Å². The Labute approximate surface area is 181 Å². The van der Waals surface area contributed by atoms with Crippen molar-refractivity contribution in [2.24, 2.45) is 0 Å². The van der Waals surface area contributed by atoms with E-state index in [-0.39, 0.29) is 16.9 Å². The first-order chi connectivity index (χ1) is 15.4. The fourth-order valence-electron chi connectivity index (χ4n) is 3.91. The Bertz CT molecular complexity index is 1260. The largest absolute Gasteiger partial charge is 0.480 e. The van der Waals surface area contributed by atoms with E-state index < -0.39 is 24.1 Å². The number of imidazole rings is 1. The van der Waals surface area contributed by atoms with Gasteiger partial charge in [-0.1, -0.05) is 54.6 Å². The highest BCUT2D eigenvalue weighted by Crippen LogP contribution is 2.32. The van der Waals surface area contributed by atoms with E-state index >= 15 is 0 Å². The molecule has 0 spiro atoms. The Hall–Kier alpha value is -3.81. The molecule has 4 aromatic rings. The molecular formula is C24H18F3N3O2. The number of ether oxygens (including phenoxy) is 1. The average molecular weight is 437 g/mol. The summed E-state index contributed by atoms with van der Waals surface area (Å²) < 4.78 is 44.9. The van der Waals surface area contributed by atoms with Crippen molar-refractivity contribution in [2.45, 2.75) is 24.7 Å². The van der Waals surface area contributed by atoms with E-state index in [9.17, 15) is 18.0 Å². The molecule has 3 aromatic carbocycles. The van der Waals surface area contributed by atoms with Gasteiger partial charge in [-0.2, -0.15) is 13.2 Å². The SMILES string of the molecule is O=C(N[C@@H](c1ccccc1)c1ccc2nc(C(F)(F)F)[nH]c2c1)[C@@H]1Cc2ccccc2O1. The second kappa shape index (κ2) is 7.71. The van der Waals surface area contributed by atoms with Crippen LogP contribution in [0.1, 0.15) is 28.6 Å².